The second-order valence-corrected chi connectivity index (χ2v) is 7.39. The first-order chi connectivity index (χ1) is 9.51. The van der Waals surface area contributed by atoms with Gasteiger partial charge in [-0.05, 0) is 43.4 Å². The fourth-order valence-corrected chi connectivity index (χ4v) is 4.55. The third-order valence-electron chi connectivity index (χ3n) is 3.97. The molecule has 1 N–H and O–H groups in total. The van der Waals surface area contributed by atoms with Crippen LogP contribution in [0, 0.1) is 11.8 Å². The Morgan fingerprint density at radius 3 is 2.70 bits per heavy atom. The molecule has 0 bridgehead atoms. The van der Waals surface area contributed by atoms with E-state index in [9.17, 15) is 9.90 Å². The van der Waals surface area contributed by atoms with E-state index in [1.54, 1.807) is 17.8 Å². The zero-order valence-electron chi connectivity index (χ0n) is 11.3. The molecular weight excluding hydrogens is 315 g/mol. The second kappa shape index (κ2) is 7.06. The van der Waals surface area contributed by atoms with Gasteiger partial charge in [0.1, 0.15) is 0 Å². The summed E-state index contributed by atoms with van der Waals surface area (Å²) in [7, 11) is 0. The molecule has 1 aliphatic rings. The van der Waals surface area contributed by atoms with Gasteiger partial charge in [-0.2, -0.15) is 0 Å². The Morgan fingerprint density at radius 2 is 2.10 bits per heavy atom. The molecule has 0 spiro atoms. The average Bonchev–Trinajstić information content (AvgIpc) is 2.42. The van der Waals surface area contributed by atoms with E-state index >= 15 is 0 Å². The van der Waals surface area contributed by atoms with Gasteiger partial charge in [0.05, 0.1) is 16.0 Å². The van der Waals surface area contributed by atoms with Crippen molar-refractivity contribution in [1.82, 2.24) is 0 Å². The molecule has 5 heteroatoms. The van der Waals surface area contributed by atoms with Gasteiger partial charge in [-0.25, -0.2) is 0 Å². The number of aliphatic carboxylic acids is 1. The maximum Gasteiger partial charge on any atom is 0.307 e. The third kappa shape index (κ3) is 3.84. The van der Waals surface area contributed by atoms with Crippen LogP contribution < -0.4 is 0 Å². The predicted octanol–water partition coefficient (Wildman–Crippen LogP) is 5.37. The Hall–Kier alpha value is -0.380. The van der Waals surface area contributed by atoms with Crippen LogP contribution in [-0.4, -0.2) is 16.3 Å². The maximum absolute atomic E-state index is 11.4. The SMILES string of the molecule is CCC1CCC(C(=O)O)C(Sc2ccc(Cl)c(Cl)c2)C1. The van der Waals surface area contributed by atoms with Gasteiger partial charge < -0.3 is 5.11 Å². The van der Waals surface area contributed by atoms with Gasteiger partial charge in [-0.15, -0.1) is 11.8 Å². The van der Waals surface area contributed by atoms with E-state index in [1.165, 1.54) is 0 Å². The van der Waals surface area contributed by atoms with Crippen LogP contribution in [0.4, 0.5) is 0 Å². The summed E-state index contributed by atoms with van der Waals surface area (Å²) < 4.78 is 0. The first kappa shape index (κ1) is 16.0. The van der Waals surface area contributed by atoms with E-state index in [2.05, 4.69) is 6.92 Å². The molecule has 20 heavy (non-hydrogen) atoms. The molecule has 0 aromatic heterocycles. The van der Waals surface area contributed by atoms with Gasteiger partial charge in [0.2, 0.25) is 0 Å². The number of hydrogen-bond donors (Lipinski definition) is 1. The van der Waals surface area contributed by atoms with Crippen molar-refractivity contribution in [1.29, 1.82) is 0 Å². The molecule has 0 radical (unpaired) electrons. The van der Waals surface area contributed by atoms with E-state index in [0.29, 0.717) is 16.0 Å². The summed E-state index contributed by atoms with van der Waals surface area (Å²) in [4.78, 5) is 12.4. The van der Waals surface area contributed by atoms with Crippen molar-refractivity contribution in [3.05, 3.63) is 28.2 Å². The van der Waals surface area contributed by atoms with Crippen molar-refractivity contribution < 1.29 is 9.90 Å². The largest absolute Gasteiger partial charge is 0.481 e. The zero-order chi connectivity index (χ0) is 14.7. The minimum atomic E-state index is -0.683. The van der Waals surface area contributed by atoms with Gasteiger partial charge in [-0.1, -0.05) is 36.5 Å². The van der Waals surface area contributed by atoms with Crippen molar-refractivity contribution in [2.24, 2.45) is 11.8 Å². The second-order valence-electron chi connectivity index (χ2n) is 5.26. The van der Waals surface area contributed by atoms with E-state index in [-0.39, 0.29) is 11.2 Å². The van der Waals surface area contributed by atoms with Gasteiger partial charge in [-0.3, -0.25) is 4.79 Å². The molecule has 1 fully saturated rings. The number of thioether (sulfide) groups is 1. The molecule has 2 rings (SSSR count). The van der Waals surface area contributed by atoms with E-state index in [1.807, 2.05) is 12.1 Å². The Kier molecular flexibility index (Phi) is 5.65. The highest BCUT2D eigenvalue weighted by atomic mass is 35.5. The molecule has 0 aliphatic heterocycles. The molecule has 3 atom stereocenters. The topological polar surface area (TPSA) is 37.3 Å². The number of hydrogen-bond acceptors (Lipinski definition) is 2. The molecule has 0 saturated heterocycles. The fraction of sp³-hybridized carbons (Fsp3) is 0.533. The van der Waals surface area contributed by atoms with Crippen LogP contribution >= 0.6 is 35.0 Å². The van der Waals surface area contributed by atoms with Crippen molar-refractivity contribution in [3.8, 4) is 0 Å². The number of rotatable bonds is 4. The average molecular weight is 333 g/mol. The standard InChI is InChI=1S/C15H18Cl2O2S/c1-2-9-3-5-11(15(18)19)14(7-9)20-10-4-6-12(16)13(17)8-10/h4,6,8-9,11,14H,2-3,5,7H2,1H3,(H,18,19). The summed E-state index contributed by atoms with van der Waals surface area (Å²) in [6.45, 7) is 2.17. The lowest BCUT2D eigenvalue weighted by Crippen LogP contribution is -2.32. The Labute approximate surface area is 133 Å². The summed E-state index contributed by atoms with van der Waals surface area (Å²) in [6, 6.07) is 5.50. The van der Waals surface area contributed by atoms with Crippen LogP contribution in [0.15, 0.2) is 23.1 Å². The Morgan fingerprint density at radius 1 is 1.35 bits per heavy atom. The molecule has 1 aromatic carbocycles. The summed E-state index contributed by atoms with van der Waals surface area (Å²) in [5, 5.41) is 10.5. The summed E-state index contributed by atoms with van der Waals surface area (Å²) in [5.74, 6) is -0.319. The molecule has 3 unspecified atom stereocenters. The summed E-state index contributed by atoms with van der Waals surface area (Å²) in [5.41, 5.74) is 0. The molecule has 2 nitrogen and oxygen atoms in total. The lowest BCUT2D eigenvalue weighted by Gasteiger charge is -2.33. The van der Waals surface area contributed by atoms with Crippen LogP contribution in [0.5, 0.6) is 0 Å². The highest BCUT2D eigenvalue weighted by Gasteiger charge is 2.35. The van der Waals surface area contributed by atoms with Crippen molar-refractivity contribution in [2.75, 3.05) is 0 Å². The van der Waals surface area contributed by atoms with E-state index in [0.717, 1.165) is 30.6 Å². The predicted molar refractivity (Wildman–Crippen MR) is 84.9 cm³/mol. The number of carboxylic acids is 1. The van der Waals surface area contributed by atoms with Crippen molar-refractivity contribution in [2.45, 2.75) is 42.8 Å². The first-order valence-corrected chi connectivity index (χ1v) is 8.49. The summed E-state index contributed by atoms with van der Waals surface area (Å²) >= 11 is 13.6. The normalized spacial score (nSPS) is 26.4. The van der Waals surface area contributed by atoms with Gasteiger partial charge >= 0.3 is 5.97 Å². The van der Waals surface area contributed by atoms with Crippen LogP contribution in [0.25, 0.3) is 0 Å². The molecule has 110 valence electrons. The molecule has 0 heterocycles. The monoisotopic (exact) mass is 332 g/mol. The smallest absolute Gasteiger partial charge is 0.307 e. The highest BCUT2D eigenvalue weighted by molar-refractivity contribution is 8.00. The number of benzene rings is 1. The number of carboxylic acid groups (broad SMARTS) is 1. The minimum absolute atomic E-state index is 0.114. The Balaban J connectivity index is 2.13. The highest BCUT2D eigenvalue weighted by Crippen LogP contribution is 2.42. The van der Waals surface area contributed by atoms with Crippen molar-refractivity contribution in [3.63, 3.8) is 0 Å². The lowest BCUT2D eigenvalue weighted by molar-refractivity contribution is -0.142. The van der Waals surface area contributed by atoms with Crippen LogP contribution in [0.3, 0.4) is 0 Å². The Bertz CT molecular complexity index is 493. The van der Waals surface area contributed by atoms with Crippen LogP contribution in [-0.2, 0) is 4.79 Å². The van der Waals surface area contributed by atoms with E-state index in [4.69, 9.17) is 23.2 Å². The van der Waals surface area contributed by atoms with Crippen LogP contribution in [0.2, 0.25) is 10.0 Å². The van der Waals surface area contributed by atoms with E-state index < -0.39 is 5.97 Å². The number of carbonyl (C=O) groups is 1. The third-order valence-corrected chi connectivity index (χ3v) is 6.06. The van der Waals surface area contributed by atoms with Gasteiger partial charge in [0.25, 0.3) is 0 Å². The minimum Gasteiger partial charge on any atom is -0.481 e. The first-order valence-electron chi connectivity index (χ1n) is 6.85. The van der Waals surface area contributed by atoms with Gasteiger partial charge in [0, 0.05) is 10.1 Å². The molecule has 0 amide bonds. The maximum atomic E-state index is 11.4. The molecule has 1 aliphatic carbocycles. The number of halogens is 2. The van der Waals surface area contributed by atoms with Crippen LogP contribution in [0.1, 0.15) is 32.6 Å². The fourth-order valence-electron chi connectivity index (χ4n) is 2.72. The molecular formula is C15H18Cl2O2S. The summed E-state index contributed by atoms with van der Waals surface area (Å²) in [6.07, 6.45) is 3.86. The zero-order valence-corrected chi connectivity index (χ0v) is 13.6. The van der Waals surface area contributed by atoms with Gasteiger partial charge in [0.15, 0.2) is 0 Å². The van der Waals surface area contributed by atoms with Crippen molar-refractivity contribution >= 4 is 40.9 Å². The molecule has 1 aromatic rings. The lowest BCUT2D eigenvalue weighted by atomic mass is 9.80. The quantitative estimate of drug-likeness (QED) is 0.805. The molecule has 1 saturated carbocycles.